The molecule has 3 nitrogen and oxygen atoms in total. The van der Waals surface area contributed by atoms with Crippen LogP contribution in [0.1, 0.15) is 52.9 Å². The van der Waals surface area contributed by atoms with Gasteiger partial charge in [-0.2, -0.15) is 0 Å². The number of nitrogens with zero attached hydrogens (tertiary/aromatic N) is 2. The highest BCUT2D eigenvalue weighted by Gasteiger charge is 2.34. The first-order valence-corrected chi connectivity index (χ1v) is 8.32. The smallest absolute Gasteiger partial charge is 0.0250 e. The van der Waals surface area contributed by atoms with Gasteiger partial charge in [0, 0.05) is 37.3 Å². The van der Waals surface area contributed by atoms with Gasteiger partial charge in [0.05, 0.1) is 0 Å². The van der Waals surface area contributed by atoms with E-state index in [0.717, 1.165) is 18.6 Å². The second-order valence-corrected chi connectivity index (χ2v) is 6.69. The van der Waals surface area contributed by atoms with E-state index in [1.165, 1.54) is 45.2 Å². The van der Waals surface area contributed by atoms with Crippen molar-refractivity contribution in [2.45, 2.75) is 77.0 Å². The van der Waals surface area contributed by atoms with Gasteiger partial charge in [0.1, 0.15) is 0 Å². The van der Waals surface area contributed by atoms with Crippen LogP contribution < -0.4 is 5.32 Å². The average Bonchev–Trinajstić information content (AvgIpc) is 2.61. The van der Waals surface area contributed by atoms with Crippen LogP contribution in [0.15, 0.2) is 0 Å². The Kier molecular flexibility index (Phi) is 5.67. The average molecular weight is 267 g/mol. The van der Waals surface area contributed by atoms with Gasteiger partial charge >= 0.3 is 0 Å². The van der Waals surface area contributed by atoms with Gasteiger partial charge in [-0.1, -0.05) is 26.2 Å². The Hall–Kier alpha value is -0.120. The fourth-order valence-electron chi connectivity index (χ4n) is 3.94. The summed E-state index contributed by atoms with van der Waals surface area (Å²) in [5, 5.41) is 3.76. The SMILES string of the molecule is CCNC1CCCCCC1N1CC(C)N(C)C(C)C1. The van der Waals surface area contributed by atoms with Gasteiger partial charge in [0.25, 0.3) is 0 Å². The topological polar surface area (TPSA) is 18.5 Å². The minimum atomic E-state index is 0.689. The molecule has 4 atom stereocenters. The van der Waals surface area contributed by atoms with Crippen LogP contribution in [-0.2, 0) is 0 Å². The molecule has 1 heterocycles. The molecule has 0 radical (unpaired) electrons. The molecule has 19 heavy (non-hydrogen) atoms. The first kappa shape index (κ1) is 15.3. The summed E-state index contributed by atoms with van der Waals surface area (Å²) in [7, 11) is 2.28. The van der Waals surface area contributed by atoms with Crippen LogP contribution in [0.5, 0.6) is 0 Å². The maximum Gasteiger partial charge on any atom is 0.0250 e. The Morgan fingerprint density at radius 1 is 1.00 bits per heavy atom. The Morgan fingerprint density at radius 2 is 1.63 bits per heavy atom. The third-order valence-electron chi connectivity index (χ3n) is 5.30. The third kappa shape index (κ3) is 3.71. The van der Waals surface area contributed by atoms with E-state index in [9.17, 15) is 0 Å². The number of piperazine rings is 1. The van der Waals surface area contributed by atoms with Crippen molar-refractivity contribution < 1.29 is 0 Å². The highest BCUT2D eigenvalue weighted by atomic mass is 15.3. The van der Waals surface area contributed by atoms with Crippen LogP contribution in [0, 0.1) is 0 Å². The Morgan fingerprint density at radius 3 is 2.26 bits per heavy atom. The van der Waals surface area contributed by atoms with Gasteiger partial charge < -0.3 is 5.32 Å². The van der Waals surface area contributed by atoms with Crippen LogP contribution in [0.2, 0.25) is 0 Å². The van der Waals surface area contributed by atoms with Gasteiger partial charge in [0.15, 0.2) is 0 Å². The molecule has 2 aliphatic rings. The lowest BCUT2D eigenvalue weighted by atomic mass is 9.97. The Labute approximate surface area is 119 Å². The molecule has 1 aliphatic heterocycles. The summed E-state index contributed by atoms with van der Waals surface area (Å²) in [4.78, 5) is 5.32. The van der Waals surface area contributed by atoms with Gasteiger partial charge in [0.2, 0.25) is 0 Å². The number of likely N-dealkylation sites (N-methyl/N-ethyl adjacent to an activating group) is 2. The summed E-state index contributed by atoms with van der Waals surface area (Å²) in [5.74, 6) is 0. The number of hydrogen-bond donors (Lipinski definition) is 1. The monoisotopic (exact) mass is 267 g/mol. The van der Waals surface area contributed by atoms with E-state index in [0.29, 0.717) is 12.1 Å². The summed E-state index contributed by atoms with van der Waals surface area (Å²) in [6.07, 6.45) is 7.01. The quantitative estimate of drug-likeness (QED) is 0.792. The van der Waals surface area contributed by atoms with Crippen LogP contribution in [-0.4, -0.2) is 60.6 Å². The molecule has 1 saturated carbocycles. The highest BCUT2D eigenvalue weighted by Crippen LogP contribution is 2.26. The van der Waals surface area contributed by atoms with Crippen LogP contribution >= 0.6 is 0 Å². The van der Waals surface area contributed by atoms with Gasteiger partial charge in [-0.15, -0.1) is 0 Å². The molecule has 0 spiro atoms. The molecule has 0 aromatic rings. The van der Waals surface area contributed by atoms with E-state index in [1.807, 2.05) is 0 Å². The van der Waals surface area contributed by atoms with Crippen LogP contribution in [0.25, 0.3) is 0 Å². The van der Waals surface area contributed by atoms with Gasteiger partial charge in [-0.3, -0.25) is 9.80 Å². The standard InChI is InChI=1S/C16H33N3/c1-5-17-15-9-7-6-8-10-16(15)19-11-13(2)18(4)14(3)12-19/h13-17H,5-12H2,1-4H3. The first-order valence-electron chi connectivity index (χ1n) is 8.32. The van der Waals surface area contributed by atoms with Crippen molar-refractivity contribution in [1.29, 1.82) is 0 Å². The molecule has 0 bridgehead atoms. The summed E-state index contributed by atoms with van der Waals surface area (Å²) in [6.45, 7) is 10.6. The molecule has 3 heteroatoms. The fraction of sp³-hybridized carbons (Fsp3) is 1.00. The van der Waals surface area contributed by atoms with Crippen molar-refractivity contribution in [2.75, 3.05) is 26.7 Å². The van der Waals surface area contributed by atoms with Crippen LogP contribution in [0.3, 0.4) is 0 Å². The second-order valence-electron chi connectivity index (χ2n) is 6.69. The Balaban J connectivity index is 2.04. The lowest BCUT2D eigenvalue weighted by molar-refractivity contribution is 0.0207. The molecular weight excluding hydrogens is 234 g/mol. The fourth-order valence-corrected chi connectivity index (χ4v) is 3.94. The van der Waals surface area contributed by atoms with Crippen molar-refractivity contribution in [3.8, 4) is 0 Å². The van der Waals surface area contributed by atoms with E-state index in [1.54, 1.807) is 0 Å². The Bertz CT molecular complexity index is 257. The first-order chi connectivity index (χ1) is 9.13. The normalized spacial score (nSPS) is 39.2. The number of nitrogens with one attached hydrogen (secondary N) is 1. The second kappa shape index (κ2) is 7.05. The zero-order valence-electron chi connectivity index (χ0n) is 13.4. The molecule has 0 amide bonds. The zero-order chi connectivity index (χ0) is 13.8. The molecule has 0 aromatic heterocycles. The van der Waals surface area contributed by atoms with Crippen molar-refractivity contribution in [2.24, 2.45) is 0 Å². The molecule has 2 rings (SSSR count). The van der Waals surface area contributed by atoms with Gasteiger partial charge in [-0.25, -0.2) is 0 Å². The summed E-state index contributed by atoms with van der Waals surface area (Å²) in [6, 6.07) is 2.86. The van der Waals surface area contributed by atoms with Crippen molar-refractivity contribution in [3.05, 3.63) is 0 Å². The highest BCUT2D eigenvalue weighted by molar-refractivity contribution is 4.92. The van der Waals surface area contributed by atoms with Crippen molar-refractivity contribution in [3.63, 3.8) is 0 Å². The largest absolute Gasteiger partial charge is 0.313 e. The lowest BCUT2D eigenvalue weighted by Gasteiger charge is -2.47. The summed E-state index contributed by atoms with van der Waals surface area (Å²) >= 11 is 0. The maximum atomic E-state index is 3.76. The van der Waals surface area contributed by atoms with E-state index in [-0.39, 0.29) is 0 Å². The maximum absolute atomic E-state index is 3.76. The molecular formula is C16H33N3. The minimum absolute atomic E-state index is 0.689. The van der Waals surface area contributed by atoms with E-state index in [4.69, 9.17) is 0 Å². The molecule has 112 valence electrons. The molecule has 1 N–H and O–H groups in total. The molecule has 0 aromatic carbocycles. The van der Waals surface area contributed by atoms with E-state index >= 15 is 0 Å². The number of hydrogen-bond acceptors (Lipinski definition) is 3. The van der Waals surface area contributed by atoms with Gasteiger partial charge in [-0.05, 0) is 40.3 Å². The minimum Gasteiger partial charge on any atom is -0.313 e. The zero-order valence-corrected chi connectivity index (χ0v) is 13.4. The molecule has 2 fully saturated rings. The summed E-state index contributed by atoms with van der Waals surface area (Å²) in [5.41, 5.74) is 0. The van der Waals surface area contributed by atoms with Crippen LogP contribution in [0.4, 0.5) is 0 Å². The van der Waals surface area contributed by atoms with Crippen molar-refractivity contribution >= 4 is 0 Å². The van der Waals surface area contributed by atoms with E-state index < -0.39 is 0 Å². The molecule has 1 aliphatic carbocycles. The lowest BCUT2D eigenvalue weighted by Crippen LogP contribution is -2.61. The predicted octanol–water partition coefficient (Wildman–Crippen LogP) is 2.32. The predicted molar refractivity (Wildman–Crippen MR) is 82.6 cm³/mol. The third-order valence-corrected chi connectivity index (χ3v) is 5.30. The summed E-state index contributed by atoms with van der Waals surface area (Å²) < 4.78 is 0. The molecule has 4 unspecified atom stereocenters. The number of rotatable bonds is 3. The van der Waals surface area contributed by atoms with E-state index in [2.05, 4.69) is 42.9 Å². The van der Waals surface area contributed by atoms with Crippen molar-refractivity contribution in [1.82, 2.24) is 15.1 Å². The molecule has 1 saturated heterocycles.